The van der Waals surface area contributed by atoms with Crippen molar-refractivity contribution in [3.8, 4) is 0 Å². The van der Waals surface area contributed by atoms with E-state index in [0.717, 1.165) is 0 Å². The number of amides is 3. The molecule has 13 nitrogen and oxygen atoms in total. The molecule has 0 radical (unpaired) electrons. The third-order valence-corrected chi connectivity index (χ3v) is 61.6. The Kier molecular flexibility index (Phi) is 53.0. The van der Waals surface area contributed by atoms with Crippen LogP contribution in [0.4, 0.5) is 0 Å². The predicted molar refractivity (Wildman–Crippen MR) is 502 cm³/mol. The van der Waals surface area contributed by atoms with Crippen molar-refractivity contribution in [3.63, 3.8) is 0 Å². The highest BCUT2D eigenvalue weighted by molar-refractivity contribution is 14.2. The Bertz CT molecular complexity index is 1460. The summed E-state index contributed by atoms with van der Waals surface area (Å²) in [5.74, 6) is -1.40. The van der Waals surface area contributed by atoms with E-state index >= 15 is 0 Å². The maximum absolute atomic E-state index is 13.9. The van der Waals surface area contributed by atoms with Gasteiger partial charge in [-0.25, -0.2) is 0 Å². The zero-order valence-corrected chi connectivity index (χ0v) is 78.7. The van der Waals surface area contributed by atoms with Gasteiger partial charge >= 0.3 is 0 Å². The fourth-order valence-electron chi connectivity index (χ4n) is 6.34. The predicted octanol–water partition coefficient (Wildman–Crippen LogP) is 1.49. The van der Waals surface area contributed by atoms with Crippen LogP contribution >= 0.6 is 447 Å². The molecule has 69 heavy (non-hydrogen) atoms. The average Bonchev–Trinajstić information content (AvgIpc) is 3.33. The lowest BCUT2D eigenvalue weighted by atomic mass is 8.82. The molecule has 0 aliphatic rings. The highest BCUT2D eigenvalue weighted by atomic mass is 127. The summed E-state index contributed by atoms with van der Waals surface area (Å²) in [5, 5.41) is 71.8. The van der Waals surface area contributed by atoms with E-state index in [4.69, 9.17) is 0 Å². The molecule has 0 aromatic heterocycles. The molecule has 2 unspecified atom stereocenters. The summed E-state index contributed by atoms with van der Waals surface area (Å²) >= 11 is 48.8. The molecule has 0 aliphatic carbocycles. The number of halogens is 20. The molecule has 0 spiro atoms. The van der Waals surface area contributed by atoms with Crippen molar-refractivity contribution in [3.05, 3.63) is 0 Å². The molecule has 362 valence electrons. The van der Waals surface area contributed by atoms with Gasteiger partial charge in [0.1, 0.15) is 19.8 Å². The molecule has 2 atom stereocenters. The summed E-state index contributed by atoms with van der Waals surface area (Å²) in [4.78, 5) is 44.1. The minimum Gasteiger partial charge on any atom is -0.423 e. The lowest BCUT2D eigenvalue weighted by molar-refractivity contribution is -0.131. The summed E-state index contributed by atoms with van der Waals surface area (Å²) in [6, 6.07) is 0. The highest BCUT2D eigenvalue weighted by Gasteiger charge is 2.59. The number of nitrogens with zero attached hydrogens (tertiary/aromatic N) is 3. The van der Waals surface area contributed by atoms with Crippen LogP contribution in [0.5, 0.6) is 0 Å². The summed E-state index contributed by atoms with van der Waals surface area (Å²) < 4.78 is 1.84. The van der Waals surface area contributed by atoms with Gasteiger partial charge in [-0.05, 0) is 0 Å². The SMILES string of the molecule is BB(I)B(I)B(I)B(I)B(B(I)B(I)B(I)B(I)B(I)B(I)N(B(I)B(I)B(I)B(I)B(I)B(I)B(B(I)B(I)B(I)B(B)I)N(CC(O)CO)C(=O)CO)C(=O)CO)N(CC(O)CO)C(=O)CO. The summed E-state index contributed by atoms with van der Waals surface area (Å²) in [5.41, 5.74) is 0. The second-order valence-electron chi connectivity index (χ2n) is 15.2. The fraction of sp³-hybridized carbons (Fsp3) is 0.750. The summed E-state index contributed by atoms with van der Waals surface area (Å²) in [7, 11) is 4.32. The third kappa shape index (κ3) is 27.0. The Hall–Kier alpha value is 14.3. The van der Waals surface area contributed by atoms with Crippen LogP contribution < -0.4 is 0 Å². The number of hydrogen-bond acceptors (Lipinski definition) is 10. The number of rotatable bonds is 33. The normalized spacial score (nSPS) is 11.4. The van der Waals surface area contributed by atoms with Gasteiger partial charge in [-0.2, -0.15) is 403 Å². The van der Waals surface area contributed by atoms with Crippen molar-refractivity contribution in [2.45, 2.75) is 12.2 Å². The molecule has 7 N–H and O–H groups in total. The molecule has 0 heterocycles. The summed E-state index contributed by atoms with van der Waals surface area (Å²) in [6.07, 6.45) is -2.35. The smallest absolute Gasteiger partial charge is 0.284 e. The molecule has 0 fully saturated rings. The van der Waals surface area contributed by atoms with Crippen molar-refractivity contribution in [1.29, 1.82) is 0 Å². The number of carbonyl (C=O) groups excluding carboxylic acids is 3. The van der Waals surface area contributed by atoms with Crippen molar-refractivity contribution in [1.82, 2.24) is 14.3 Å². The Balaban J connectivity index is 7.02. The van der Waals surface area contributed by atoms with Crippen LogP contribution in [0.25, 0.3) is 0 Å². The second kappa shape index (κ2) is 43.9. The van der Waals surface area contributed by atoms with E-state index in [9.17, 15) is 50.1 Å². The first-order valence-corrected chi connectivity index (χ1v) is 44.8. The largest absolute Gasteiger partial charge is 0.423 e. The molecular weight excluding hydrogens is 3140 g/mol. The van der Waals surface area contributed by atoms with E-state index in [1.54, 1.807) is 9.62 Å². The van der Waals surface area contributed by atoms with Crippen LogP contribution in [0.15, 0.2) is 0 Å². The van der Waals surface area contributed by atoms with Gasteiger partial charge in [-0.3, -0.25) is 14.4 Å². The van der Waals surface area contributed by atoms with Gasteiger partial charge in [0.05, 0.1) is 40.9 Å². The standard InChI is InChI=1S/C12H27B24I20N3O10/c13-15(37)17(39)19(41)27(49)33(57(10(67)5-62)1-8(65)3-60)29(51)23(45)21(43)25(47)31(53)35(55)59(12(69)7-64)36(56)32(54)26(48)22(44)24(46)30(52)34(28(50)20(42)18(40)16(14)38)58(11(68)6-63)2-9(66)4-61/h8-9,60-66H,1-7,13-14H2. The van der Waals surface area contributed by atoms with Crippen LogP contribution in [-0.4, -0.2) is 242 Å². The number of aliphatic hydroxyl groups excluding tert-OH is 7. The number of hydrogen-bond donors (Lipinski definition) is 7. The maximum Gasteiger partial charge on any atom is 0.284 e. The minimum atomic E-state index is -1.17. The Morgan fingerprint density at radius 3 is 0.797 bits per heavy atom. The minimum absolute atomic E-state index is 0.00655. The lowest BCUT2D eigenvalue weighted by Crippen LogP contribution is -2.72. The van der Waals surface area contributed by atoms with Gasteiger partial charge in [0.25, 0.3) is 9.19 Å². The van der Waals surface area contributed by atoms with E-state index < -0.39 is 70.3 Å². The first kappa shape index (κ1) is 83.3. The van der Waals surface area contributed by atoms with Crippen LogP contribution in [0.1, 0.15) is 0 Å². The zero-order valence-electron chi connectivity index (χ0n) is 35.6. The van der Waals surface area contributed by atoms with Crippen molar-refractivity contribution in [2.24, 2.45) is 0 Å². The molecule has 0 saturated heterocycles. The first-order chi connectivity index (χ1) is 31.8. The zero-order chi connectivity index (χ0) is 54.3. The van der Waals surface area contributed by atoms with E-state index in [1.165, 1.54) is 0 Å². The van der Waals surface area contributed by atoms with Crippen LogP contribution in [0.3, 0.4) is 0 Å². The molecule has 0 aromatic rings. The Morgan fingerprint density at radius 2 is 0.580 bits per heavy atom. The monoisotopic (exact) mass is 3180 g/mol. The molecule has 0 aromatic carbocycles. The second-order valence-corrected chi connectivity index (χ2v) is 44.7. The van der Waals surface area contributed by atoms with Gasteiger partial charge in [-0.15, -0.1) is 44.7 Å². The molecule has 0 bridgehead atoms. The third-order valence-electron chi connectivity index (χ3n) is 10.2. The molecule has 57 heteroatoms. The van der Waals surface area contributed by atoms with Gasteiger partial charge in [-0.1, -0.05) is 0 Å². The number of aliphatic hydroxyl groups is 7. The van der Waals surface area contributed by atoms with Crippen LogP contribution in [0, 0.1) is 0 Å². The van der Waals surface area contributed by atoms with E-state index in [0.29, 0.717) is 8.70 Å². The average molecular weight is 3170 g/mol. The maximum atomic E-state index is 13.9. The van der Waals surface area contributed by atoms with Gasteiger partial charge in [0.2, 0.25) is 39.7 Å². The number of carbonyl (C=O) groups is 3. The van der Waals surface area contributed by atoms with E-state index in [1.807, 2.05) is 4.72 Å². The lowest BCUT2D eigenvalue weighted by Gasteiger charge is -2.39. The van der Waals surface area contributed by atoms with Gasteiger partial charge in [0, 0.05) is 13.1 Å². The van der Waals surface area contributed by atoms with Crippen LogP contribution in [-0.2, 0) is 14.4 Å². The van der Waals surface area contributed by atoms with E-state index in [2.05, 4.69) is 463 Å². The topological polar surface area (TPSA) is 203 Å². The van der Waals surface area contributed by atoms with Gasteiger partial charge < -0.3 is 50.1 Å². The van der Waals surface area contributed by atoms with Crippen LogP contribution in [0.2, 0.25) is 0 Å². The van der Waals surface area contributed by atoms with Crippen molar-refractivity contribution in [2.75, 3.05) is 46.1 Å². The van der Waals surface area contributed by atoms with E-state index in [-0.39, 0.29) is 97.8 Å². The van der Waals surface area contributed by atoms with Crippen molar-refractivity contribution >= 4 is 581 Å². The molecule has 3 amide bonds. The molecule has 0 aliphatic heterocycles. The van der Waals surface area contributed by atoms with Gasteiger partial charge in [0.15, 0.2) is 69.6 Å². The molecular formula is C12H27B24I20N3O10. The molecule has 0 saturated carbocycles. The quantitative estimate of drug-likeness (QED) is 0.0373. The molecule has 0 rings (SSSR count). The Morgan fingerprint density at radius 1 is 0.362 bits per heavy atom. The summed E-state index contributed by atoms with van der Waals surface area (Å²) in [6.45, 7) is -4.19. The Labute approximate surface area is 686 Å². The highest BCUT2D eigenvalue weighted by Crippen LogP contribution is 2.34. The first-order valence-electron chi connectivity index (χ1n) is 19.9. The fourth-order valence-corrected chi connectivity index (χ4v) is 36.1. The van der Waals surface area contributed by atoms with Crippen molar-refractivity contribution < 1.29 is 50.1 Å².